The van der Waals surface area contributed by atoms with Gasteiger partial charge in [0.15, 0.2) is 6.10 Å². The lowest BCUT2D eigenvalue weighted by molar-refractivity contribution is 0.127. The SMILES string of the molecule is CC(=NOCc1ccccc1C(O)C#N)c1ccc(Cl)cc1. The second kappa shape index (κ2) is 7.60. The lowest BCUT2D eigenvalue weighted by Gasteiger charge is -2.09. The average Bonchev–Trinajstić information content (AvgIpc) is 2.55. The van der Waals surface area contributed by atoms with Gasteiger partial charge in [-0.1, -0.05) is 53.2 Å². The topological polar surface area (TPSA) is 65.6 Å². The first-order valence-electron chi connectivity index (χ1n) is 6.70. The minimum atomic E-state index is -1.17. The zero-order valence-electron chi connectivity index (χ0n) is 12.0. The Kier molecular flexibility index (Phi) is 5.54. The summed E-state index contributed by atoms with van der Waals surface area (Å²) < 4.78 is 0. The van der Waals surface area contributed by atoms with Crippen molar-refractivity contribution in [3.05, 3.63) is 70.2 Å². The van der Waals surface area contributed by atoms with E-state index in [-0.39, 0.29) is 6.61 Å². The number of hydrogen-bond acceptors (Lipinski definition) is 4. The van der Waals surface area contributed by atoms with Crippen molar-refractivity contribution in [2.75, 3.05) is 0 Å². The zero-order valence-corrected chi connectivity index (χ0v) is 12.8. The number of hydrogen-bond donors (Lipinski definition) is 1. The van der Waals surface area contributed by atoms with Gasteiger partial charge < -0.3 is 9.94 Å². The fourth-order valence-electron chi connectivity index (χ4n) is 1.94. The van der Waals surface area contributed by atoms with Crippen LogP contribution in [0.25, 0.3) is 0 Å². The fourth-order valence-corrected chi connectivity index (χ4v) is 2.07. The highest BCUT2D eigenvalue weighted by molar-refractivity contribution is 6.30. The Labute approximate surface area is 134 Å². The van der Waals surface area contributed by atoms with E-state index >= 15 is 0 Å². The third-order valence-electron chi connectivity index (χ3n) is 3.16. The molecule has 0 fully saturated rings. The molecule has 0 aromatic heterocycles. The number of benzene rings is 2. The largest absolute Gasteiger partial charge is 0.391 e. The summed E-state index contributed by atoms with van der Waals surface area (Å²) >= 11 is 5.84. The molecule has 0 aliphatic heterocycles. The molecule has 2 aromatic rings. The van der Waals surface area contributed by atoms with Gasteiger partial charge in [-0.05, 0) is 30.2 Å². The van der Waals surface area contributed by atoms with Crippen LogP contribution >= 0.6 is 11.6 Å². The molecule has 1 N–H and O–H groups in total. The fraction of sp³-hybridized carbons (Fsp3) is 0.176. The van der Waals surface area contributed by atoms with Crippen LogP contribution in [0.5, 0.6) is 0 Å². The van der Waals surface area contributed by atoms with Crippen molar-refractivity contribution in [1.29, 1.82) is 5.26 Å². The summed E-state index contributed by atoms with van der Waals surface area (Å²) in [6.07, 6.45) is -1.17. The summed E-state index contributed by atoms with van der Waals surface area (Å²) in [6.45, 7) is 2.01. The molecule has 0 saturated carbocycles. The summed E-state index contributed by atoms with van der Waals surface area (Å²) in [7, 11) is 0. The zero-order chi connectivity index (χ0) is 15.9. The van der Waals surface area contributed by atoms with Gasteiger partial charge in [0.25, 0.3) is 0 Å². The molecular formula is C17H15ClN2O2. The first-order valence-corrected chi connectivity index (χ1v) is 7.07. The highest BCUT2D eigenvalue weighted by Crippen LogP contribution is 2.18. The van der Waals surface area contributed by atoms with Crippen molar-refractivity contribution in [3.63, 3.8) is 0 Å². The van der Waals surface area contributed by atoms with E-state index in [1.807, 2.05) is 25.1 Å². The van der Waals surface area contributed by atoms with Gasteiger partial charge in [-0.15, -0.1) is 0 Å². The van der Waals surface area contributed by atoms with E-state index in [4.69, 9.17) is 21.7 Å². The van der Waals surface area contributed by atoms with Crippen LogP contribution in [0.4, 0.5) is 0 Å². The monoisotopic (exact) mass is 314 g/mol. The first-order chi connectivity index (χ1) is 10.6. The highest BCUT2D eigenvalue weighted by Gasteiger charge is 2.11. The number of aliphatic hydroxyl groups excluding tert-OH is 1. The Morgan fingerprint density at radius 2 is 1.95 bits per heavy atom. The molecular weight excluding hydrogens is 300 g/mol. The Morgan fingerprint density at radius 3 is 2.64 bits per heavy atom. The Balaban J connectivity index is 2.06. The van der Waals surface area contributed by atoms with Crippen LogP contribution in [-0.2, 0) is 11.4 Å². The number of rotatable bonds is 5. The highest BCUT2D eigenvalue weighted by atomic mass is 35.5. The molecule has 0 aliphatic carbocycles. The normalized spacial score (nSPS) is 12.5. The van der Waals surface area contributed by atoms with Crippen LogP contribution in [0.1, 0.15) is 29.7 Å². The smallest absolute Gasteiger partial charge is 0.166 e. The van der Waals surface area contributed by atoms with Gasteiger partial charge in [-0.2, -0.15) is 5.26 Å². The van der Waals surface area contributed by atoms with Crippen molar-refractivity contribution in [3.8, 4) is 6.07 Å². The number of halogens is 1. The second-order valence-electron chi connectivity index (χ2n) is 4.69. The molecule has 0 heterocycles. The van der Waals surface area contributed by atoms with Crippen LogP contribution in [0.3, 0.4) is 0 Å². The maximum atomic E-state index is 9.66. The van der Waals surface area contributed by atoms with Crippen LogP contribution in [0.15, 0.2) is 53.7 Å². The Bertz CT molecular complexity index is 705. The predicted octanol–water partition coefficient (Wildman–Crippen LogP) is 3.84. The quantitative estimate of drug-likeness (QED) is 0.518. The van der Waals surface area contributed by atoms with E-state index in [1.54, 1.807) is 36.4 Å². The van der Waals surface area contributed by atoms with Gasteiger partial charge in [-0.25, -0.2) is 0 Å². The Morgan fingerprint density at radius 1 is 1.27 bits per heavy atom. The van der Waals surface area contributed by atoms with Crippen molar-refractivity contribution < 1.29 is 9.94 Å². The lowest BCUT2D eigenvalue weighted by Crippen LogP contribution is -2.02. The van der Waals surface area contributed by atoms with Gasteiger partial charge in [0.2, 0.25) is 0 Å². The van der Waals surface area contributed by atoms with E-state index in [9.17, 15) is 5.11 Å². The molecule has 1 atom stereocenters. The van der Waals surface area contributed by atoms with Crippen molar-refractivity contribution >= 4 is 17.3 Å². The standard InChI is InChI=1S/C17H15ClN2O2/c1-12(13-6-8-15(18)9-7-13)20-22-11-14-4-2-3-5-16(14)17(21)10-19/h2-9,17,21H,11H2,1H3. The summed E-state index contributed by atoms with van der Waals surface area (Å²) in [5.74, 6) is 0. The maximum absolute atomic E-state index is 9.66. The van der Waals surface area contributed by atoms with Crippen molar-refractivity contribution in [1.82, 2.24) is 0 Å². The molecule has 0 saturated heterocycles. The summed E-state index contributed by atoms with van der Waals surface area (Å²) in [5, 5.41) is 23.2. The molecule has 0 radical (unpaired) electrons. The summed E-state index contributed by atoms with van der Waals surface area (Å²) in [6, 6.07) is 16.2. The van der Waals surface area contributed by atoms with Crippen molar-refractivity contribution in [2.24, 2.45) is 5.16 Å². The van der Waals surface area contributed by atoms with Gasteiger partial charge in [0.1, 0.15) is 6.61 Å². The molecule has 0 bridgehead atoms. The predicted molar refractivity (Wildman–Crippen MR) is 85.5 cm³/mol. The molecule has 4 nitrogen and oxygen atoms in total. The molecule has 2 rings (SSSR count). The van der Waals surface area contributed by atoms with Crippen LogP contribution in [0, 0.1) is 11.3 Å². The van der Waals surface area contributed by atoms with Gasteiger partial charge in [0, 0.05) is 10.6 Å². The molecule has 0 aliphatic rings. The van der Waals surface area contributed by atoms with E-state index < -0.39 is 6.10 Å². The first kappa shape index (κ1) is 16.0. The van der Waals surface area contributed by atoms with E-state index in [2.05, 4.69) is 5.16 Å². The molecule has 22 heavy (non-hydrogen) atoms. The van der Waals surface area contributed by atoms with Crippen molar-refractivity contribution in [2.45, 2.75) is 19.6 Å². The van der Waals surface area contributed by atoms with Crippen LogP contribution in [-0.4, -0.2) is 10.8 Å². The average molecular weight is 315 g/mol. The number of nitrogens with zero attached hydrogens (tertiary/aromatic N) is 2. The number of aliphatic hydroxyl groups is 1. The van der Waals surface area contributed by atoms with E-state index in [0.717, 1.165) is 16.8 Å². The van der Waals surface area contributed by atoms with Gasteiger partial charge >= 0.3 is 0 Å². The lowest BCUT2D eigenvalue weighted by atomic mass is 10.0. The van der Waals surface area contributed by atoms with Gasteiger partial charge in [0.05, 0.1) is 11.8 Å². The molecule has 112 valence electrons. The maximum Gasteiger partial charge on any atom is 0.166 e. The van der Waals surface area contributed by atoms with Gasteiger partial charge in [-0.3, -0.25) is 0 Å². The van der Waals surface area contributed by atoms with Crippen LogP contribution < -0.4 is 0 Å². The molecule has 1 unspecified atom stereocenters. The molecule has 0 amide bonds. The minimum absolute atomic E-state index is 0.180. The summed E-state index contributed by atoms with van der Waals surface area (Å²) in [4.78, 5) is 5.34. The molecule has 5 heteroatoms. The number of oxime groups is 1. The molecule has 2 aromatic carbocycles. The van der Waals surface area contributed by atoms with Crippen LogP contribution in [0.2, 0.25) is 5.02 Å². The molecule has 0 spiro atoms. The van der Waals surface area contributed by atoms with E-state index in [1.165, 1.54) is 0 Å². The minimum Gasteiger partial charge on any atom is -0.391 e. The second-order valence-corrected chi connectivity index (χ2v) is 5.12. The Hall–Kier alpha value is -2.35. The third kappa shape index (κ3) is 4.08. The summed E-state index contributed by atoms with van der Waals surface area (Å²) in [5.41, 5.74) is 2.89. The third-order valence-corrected chi connectivity index (χ3v) is 3.41. The van der Waals surface area contributed by atoms with E-state index in [0.29, 0.717) is 10.6 Å². The number of nitriles is 1.